The van der Waals surface area contributed by atoms with Gasteiger partial charge in [0.25, 0.3) is 5.91 Å². The fraction of sp³-hybridized carbons (Fsp3) is 0.400. The van der Waals surface area contributed by atoms with E-state index in [9.17, 15) is 9.18 Å². The Kier molecular flexibility index (Phi) is 5.04. The van der Waals surface area contributed by atoms with E-state index in [1.54, 1.807) is 0 Å². The number of amides is 1. The van der Waals surface area contributed by atoms with Crippen LogP contribution in [-0.4, -0.2) is 45.1 Å². The molecular weight excluding hydrogens is 373 g/mol. The molecule has 0 unspecified atom stereocenters. The summed E-state index contributed by atoms with van der Waals surface area (Å²) in [5.41, 5.74) is 1.69. The van der Waals surface area contributed by atoms with E-state index in [2.05, 4.69) is 39.5 Å². The van der Waals surface area contributed by atoms with E-state index in [0.29, 0.717) is 17.6 Å². The quantitative estimate of drug-likeness (QED) is 0.637. The lowest BCUT2D eigenvalue weighted by Crippen LogP contribution is -2.25. The van der Waals surface area contributed by atoms with Crippen LogP contribution >= 0.6 is 0 Å². The smallest absolute Gasteiger partial charge is 0.276 e. The minimum Gasteiger partial charge on any atom is -0.379 e. The van der Waals surface area contributed by atoms with Crippen LogP contribution in [0.3, 0.4) is 0 Å². The average molecular weight is 397 g/mol. The van der Waals surface area contributed by atoms with Crippen LogP contribution in [0.1, 0.15) is 37.2 Å². The zero-order valence-corrected chi connectivity index (χ0v) is 16.7. The highest BCUT2D eigenvalue weighted by atomic mass is 19.1. The van der Waals surface area contributed by atoms with Crippen LogP contribution in [0, 0.1) is 11.7 Å². The average Bonchev–Trinajstić information content (AvgIpc) is 3.38. The number of fused-ring (bicyclic) bond motifs is 1. The first-order valence-electron chi connectivity index (χ1n) is 9.69. The van der Waals surface area contributed by atoms with Crippen LogP contribution in [0.4, 0.5) is 21.6 Å². The Bertz CT molecular complexity index is 1040. The van der Waals surface area contributed by atoms with Crippen molar-refractivity contribution in [3.05, 3.63) is 42.2 Å². The standard InChI is InChI=1S/C20H24FN7O/c1-12(2)11-27(3)18-8-16(24-13-4-5-13)19-23-10-17(28(19)26-18)20(29)25-15-6-7-22-9-14(15)21/h6-10,12-13,24H,4-5,11H2,1-3H3,(H,22,25,29). The maximum Gasteiger partial charge on any atom is 0.276 e. The predicted octanol–water partition coefficient (Wildman–Crippen LogP) is 3.18. The molecule has 9 heteroatoms. The lowest BCUT2D eigenvalue weighted by Gasteiger charge is -2.21. The van der Waals surface area contributed by atoms with Gasteiger partial charge in [0.2, 0.25) is 0 Å². The molecule has 0 spiro atoms. The Morgan fingerprint density at radius 2 is 2.14 bits per heavy atom. The molecular formula is C20H24FN7O. The van der Waals surface area contributed by atoms with Gasteiger partial charge in [-0.15, -0.1) is 5.10 Å². The maximum absolute atomic E-state index is 13.9. The second-order valence-electron chi connectivity index (χ2n) is 7.80. The third-order valence-electron chi connectivity index (χ3n) is 4.68. The molecule has 0 bridgehead atoms. The largest absolute Gasteiger partial charge is 0.379 e. The molecule has 1 amide bonds. The van der Waals surface area contributed by atoms with Crippen LogP contribution in [0.2, 0.25) is 0 Å². The molecule has 152 valence electrons. The molecule has 1 aliphatic rings. The molecule has 0 atom stereocenters. The summed E-state index contributed by atoms with van der Waals surface area (Å²) >= 11 is 0. The summed E-state index contributed by atoms with van der Waals surface area (Å²) in [4.78, 5) is 23.0. The summed E-state index contributed by atoms with van der Waals surface area (Å²) in [7, 11) is 1.97. The van der Waals surface area contributed by atoms with Crippen molar-refractivity contribution in [1.82, 2.24) is 19.6 Å². The topological polar surface area (TPSA) is 87.5 Å². The number of anilines is 3. The highest BCUT2D eigenvalue weighted by molar-refractivity contribution is 6.03. The fourth-order valence-electron chi connectivity index (χ4n) is 3.15. The van der Waals surface area contributed by atoms with Crippen molar-refractivity contribution in [2.24, 2.45) is 5.92 Å². The summed E-state index contributed by atoms with van der Waals surface area (Å²) in [6.45, 7) is 5.09. The molecule has 1 saturated carbocycles. The molecule has 1 aliphatic carbocycles. The molecule has 0 saturated heterocycles. The van der Waals surface area contributed by atoms with E-state index in [0.717, 1.165) is 37.1 Å². The van der Waals surface area contributed by atoms with Gasteiger partial charge < -0.3 is 15.5 Å². The molecule has 0 radical (unpaired) electrons. The molecule has 0 aromatic carbocycles. The summed E-state index contributed by atoms with van der Waals surface area (Å²) in [5, 5.41) is 10.7. The minimum atomic E-state index is -0.601. The monoisotopic (exact) mass is 397 g/mol. The first-order chi connectivity index (χ1) is 13.9. The van der Waals surface area contributed by atoms with E-state index < -0.39 is 11.7 Å². The number of aromatic nitrogens is 4. The minimum absolute atomic E-state index is 0.0596. The fourth-order valence-corrected chi connectivity index (χ4v) is 3.15. The molecule has 3 aromatic rings. The first kappa shape index (κ1) is 19.1. The van der Waals surface area contributed by atoms with Gasteiger partial charge in [-0.25, -0.2) is 13.9 Å². The lowest BCUT2D eigenvalue weighted by molar-refractivity contribution is 0.102. The van der Waals surface area contributed by atoms with E-state index in [4.69, 9.17) is 0 Å². The normalized spacial score (nSPS) is 13.7. The summed E-state index contributed by atoms with van der Waals surface area (Å²) in [6, 6.07) is 3.79. The molecule has 29 heavy (non-hydrogen) atoms. The zero-order chi connectivity index (χ0) is 20.5. The second kappa shape index (κ2) is 7.65. The third kappa shape index (κ3) is 4.13. The molecule has 2 N–H and O–H groups in total. The van der Waals surface area contributed by atoms with Gasteiger partial charge in [-0.3, -0.25) is 9.78 Å². The predicted molar refractivity (Wildman–Crippen MR) is 110 cm³/mol. The van der Waals surface area contributed by atoms with Crippen molar-refractivity contribution in [3.63, 3.8) is 0 Å². The van der Waals surface area contributed by atoms with Gasteiger partial charge in [-0.05, 0) is 24.8 Å². The number of halogens is 1. The Hall–Kier alpha value is -3.23. The number of pyridine rings is 1. The Balaban J connectivity index is 1.72. The third-order valence-corrected chi connectivity index (χ3v) is 4.68. The van der Waals surface area contributed by atoms with Crippen LogP contribution < -0.4 is 15.5 Å². The Morgan fingerprint density at radius 3 is 2.83 bits per heavy atom. The number of nitrogens with one attached hydrogen (secondary N) is 2. The highest BCUT2D eigenvalue weighted by Gasteiger charge is 2.25. The van der Waals surface area contributed by atoms with Crippen LogP contribution in [0.5, 0.6) is 0 Å². The van der Waals surface area contributed by atoms with Gasteiger partial charge in [-0.2, -0.15) is 0 Å². The van der Waals surface area contributed by atoms with Gasteiger partial charge in [-0.1, -0.05) is 13.8 Å². The molecule has 3 aromatic heterocycles. The van der Waals surface area contributed by atoms with Crippen molar-refractivity contribution >= 4 is 28.7 Å². The second-order valence-corrected chi connectivity index (χ2v) is 7.80. The van der Waals surface area contributed by atoms with E-state index in [1.807, 2.05) is 18.0 Å². The molecule has 4 rings (SSSR count). The van der Waals surface area contributed by atoms with Gasteiger partial charge in [0.05, 0.1) is 23.8 Å². The van der Waals surface area contributed by atoms with Crippen LogP contribution in [0.15, 0.2) is 30.7 Å². The summed E-state index contributed by atoms with van der Waals surface area (Å²) < 4.78 is 15.4. The Morgan fingerprint density at radius 1 is 1.34 bits per heavy atom. The van der Waals surface area contributed by atoms with Gasteiger partial charge in [0, 0.05) is 31.9 Å². The van der Waals surface area contributed by atoms with Crippen molar-refractivity contribution in [3.8, 4) is 0 Å². The number of hydrogen-bond donors (Lipinski definition) is 2. The number of carbonyl (C=O) groups excluding carboxylic acids is 1. The molecule has 1 fully saturated rings. The summed E-state index contributed by atoms with van der Waals surface area (Å²) in [5.74, 6) is 0.0984. The Labute approximate surface area is 168 Å². The van der Waals surface area contributed by atoms with Crippen molar-refractivity contribution in [2.75, 3.05) is 29.1 Å². The number of nitrogens with zero attached hydrogens (tertiary/aromatic N) is 5. The SMILES string of the molecule is CC(C)CN(C)c1cc(NC2CC2)c2ncc(C(=O)Nc3ccncc3F)n2n1. The molecule has 0 aliphatic heterocycles. The van der Waals surface area contributed by atoms with E-state index in [-0.39, 0.29) is 11.4 Å². The van der Waals surface area contributed by atoms with Crippen molar-refractivity contribution in [1.29, 1.82) is 0 Å². The van der Waals surface area contributed by atoms with Crippen LogP contribution in [-0.2, 0) is 0 Å². The van der Waals surface area contributed by atoms with Crippen LogP contribution in [0.25, 0.3) is 5.65 Å². The first-order valence-corrected chi connectivity index (χ1v) is 9.69. The lowest BCUT2D eigenvalue weighted by atomic mass is 10.2. The van der Waals surface area contributed by atoms with Crippen molar-refractivity contribution in [2.45, 2.75) is 32.7 Å². The van der Waals surface area contributed by atoms with Gasteiger partial charge in [0.15, 0.2) is 23.0 Å². The van der Waals surface area contributed by atoms with Gasteiger partial charge in [0.1, 0.15) is 0 Å². The summed E-state index contributed by atoms with van der Waals surface area (Å²) in [6.07, 6.45) is 6.16. The van der Waals surface area contributed by atoms with Crippen molar-refractivity contribution < 1.29 is 9.18 Å². The maximum atomic E-state index is 13.9. The number of carbonyl (C=O) groups is 1. The molecule has 8 nitrogen and oxygen atoms in total. The number of imidazole rings is 1. The van der Waals surface area contributed by atoms with E-state index >= 15 is 0 Å². The zero-order valence-electron chi connectivity index (χ0n) is 16.7. The highest BCUT2D eigenvalue weighted by Crippen LogP contribution is 2.29. The number of hydrogen-bond acceptors (Lipinski definition) is 6. The molecule has 3 heterocycles. The van der Waals surface area contributed by atoms with E-state index in [1.165, 1.54) is 23.0 Å². The number of rotatable bonds is 7. The van der Waals surface area contributed by atoms with Gasteiger partial charge >= 0.3 is 0 Å².